The molecule has 1 amide bonds. The van der Waals surface area contributed by atoms with Crippen molar-refractivity contribution in [2.75, 3.05) is 18.4 Å². The summed E-state index contributed by atoms with van der Waals surface area (Å²) in [7, 11) is 0. The lowest BCUT2D eigenvalue weighted by molar-refractivity contribution is -0.131. The van der Waals surface area contributed by atoms with Crippen LogP contribution in [0.25, 0.3) is 0 Å². The van der Waals surface area contributed by atoms with E-state index in [4.69, 9.17) is 0 Å². The van der Waals surface area contributed by atoms with Crippen LogP contribution >= 0.6 is 11.3 Å². The fraction of sp³-hybridized carbons (Fsp3) is 0.400. The Morgan fingerprint density at radius 1 is 1.29 bits per heavy atom. The average Bonchev–Trinajstić information content (AvgIpc) is 2.96. The van der Waals surface area contributed by atoms with Crippen LogP contribution in [0.3, 0.4) is 0 Å². The van der Waals surface area contributed by atoms with E-state index in [0.29, 0.717) is 6.42 Å². The highest BCUT2D eigenvalue weighted by Crippen LogP contribution is 2.20. The van der Waals surface area contributed by atoms with Gasteiger partial charge in [-0.3, -0.25) is 4.79 Å². The first-order valence-corrected chi connectivity index (χ1v) is 8.09. The number of aromatic nitrogens is 2. The second-order valence-electron chi connectivity index (χ2n) is 5.10. The molecule has 0 spiro atoms. The zero-order valence-corrected chi connectivity index (χ0v) is 12.6. The number of carbonyl (C=O) groups is 1. The third kappa shape index (κ3) is 3.78. The molecule has 1 fully saturated rings. The number of anilines is 2. The van der Waals surface area contributed by atoms with Gasteiger partial charge >= 0.3 is 0 Å². The summed E-state index contributed by atoms with van der Waals surface area (Å²) in [5.41, 5.74) is 0.828. The molecule has 5 nitrogen and oxygen atoms in total. The first-order chi connectivity index (χ1) is 10.3. The smallest absolute Gasteiger partial charge is 0.228 e. The topological polar surface area (TPSA) is 58.1 Å². The van der Waals surface area contributed by atoms with Crippen molar-refractivity contribution in [1.29, 1.82) is 0 Å². The van der Waals surface area contributed by atoms with Gasteiger partial charge in [0.15, 0.2) is 5.13 Å². The van der Waals surface area contributed by atoms with Crippen molar-refractivity contribution in [2.45, 2.75) is 25.7 Å². The Morgan fingerprint density at radius 2 is 2.14 bits per heavy atom. The predicted molar refractivity (Wildman–Crippen MR) is 83.8 cm³/mol. The molecular formula is C15H18N4OS. The van der Waals surface area contributed by atoms with Crippen LogP contribution in [0.15, 0.2) is 29.8 Å². The number of hydrogen-bond acceptors (Lipinski definition) is 5. The molecule has 1 N–H and O–H groups in total. The zero-order chi connectivity index (χ0) is 14.5. The molecule has 6 heteroatoms. The molecule has 3 rings (SSSR count). The second kappa shape index (κ2) is 6.67. The molecule has 0 bridgehead atoms. The maximum atomic E-state index is 12.2. The first kappa shape index (κ1) is 14.0. The van der Waals surface area contributed by atoms with Crippen LogP contribution in [0, 0.1) is 0 Å². The normalized spacial score (nSPS) is 15.0. The number of thiazole rings is 1. The molecule has 0 saturated carbocycles. The van der Waals surface area contributed by atoms with Gasteiger partial charge in [-0.25, -0.2) is 9.97 Å². The van der Waals surface area contributed by atoms with E-state index >= 15 is 0 Å². The van der Waals surface area contributed by atoms with Crippen LogP contribution in [0.4, 0.5) is 10.9 Å². The molecule has 0 radical (unpaired) electrons. The summed E-state index contributed by atoms with van der Waals surface area (Å²) >= 11 is 1.50. The van der Waals surface area contributed by atoms with E-state index in [2.05, 4.69) is 15.3 Å². The minimum atomic E-state index is 0.185. The largest absolute Gasteiger partial charge is 0.342 e. The lowest BCUT2D eigenvalue weighted by Crippen LogP contribution is -2.36. The Kier molecular flexibility index (Phi) is 4.45. The van der Waals surface area contributed by atoms with Crippen LogP contribution in [-0.4, -0.2) is 33.9 Å². The van der Waals surface area contributed by atoms with Crippen molar-refractivity contribution in [2.24, 2.45) is 0 Å². The number of likely N-dealkylation sites (tertiary alicyclic amines) is 1. The molecule has 1 aliphatic heterocycles. The maximum absolute atomic E-state index is 12.2. The van der Waals surface area contributed by atoms with Gasteiger partial charge in [-0.2, -0.15) is 0 Å². The lowest BCUT2D eigenvalue weighted by Gasteiger charge is -2.26. The minimum Gasteiger partial charge on any atom is -0.342 e. The Labute approximate surface area is 128 Å². The van der Waals surface area contributed by atoms with Gasteiger partial charge in [-0.15, -0.1) is 11.3 Å². The molecule has 2 aromatic heterocycles. The highest BCUT2D eigenvalue weighted by atomic mass is 32.1. The fourth-order valence-electron chi connectivity index (χ4n) is 2.40. The molecule has 110 valence electrons. The average molecular weight is 302 g/mol. The van der Waals surface area contributed by atoms with Gasteiger partial charge in [-0.1, -0.05) is 6.07 Å². The maximum Gasteiger partial charge on any atom is 0.228 e. The fourth-order valence-corrected chi connectivity index (χ4v) is 3.12. The highest BCUT2D eigenvalue weighted by molar-refractivity contribution is 7.13. The number of pyridine rings is 1. The van der Waals surface area contributed by atoms with Gasteiger partial charge < -0.3 is 10.2 Å². The third-order valence-electron chi connectivity index (χ3n) is 3.49. The zero-order valence-electron chi connectivity index (χ0n) is 11.8. The van der Waals surface area contributed by atoms with Crippen LogP contribution in [0.1, 0.15) is 25.0 Å². The Morgan fingerprint density at radius 3 is 2.90 bits per heavy atom. The number of piperidine rings is 1. The standard InChI is InChI=1S/C15H18N4OS/c20-14(19-8-4-1-5-9-19)10-12-11-21-15(17-12)18-13-6-2-3-7-16-13/h2-3,6-7,11H,1,4-5,8-10H2,(H,16,17,18). The minimum absolute atomic E-state index is 0.185. The van der Waals surface area contributed by atoms with Gasteiger partial charge in [0.1, 0.15) is 5.82 Å². The van der Waals surface area contributed by atoms with Crippen LogP contribution in [-0.2, 0) is 11.2 Å². The number of amides is 1. The Balaban J connectivity index is 1.58. The van der Waals surface area contributed by atoms with Crippen molar-refractivity contribution < 1.29 is 4.79 Å². The summed E-state index contributed by atoms with van der Waals surface area (Å²) in [5, 5.41) is 5.86. The van der Waals surface area contributed by atoms with Crippen molar-refractivity contribution in [1.82, 2.24) is 14.9 Å². The van der Waals surface area contributed by atoms with Gasteiger partial charge in [0.25, 0.3) is 0 Å². The van der Waals surface area contributed by atoms with E-state index in [-0.39, 0.29) is 5.91 Å². The molecule has 0 aliphatic carbocycles. The molecule has 1 saturated heterocycles. The van der Waals surface area contributed by atoms with Crippen molar-refractivity contribution >= 4 is 28.2 Å². The third-order valence-corrected chi connectivity index (χ3v) is 4.30. The van der Waals surface area contributed by atoms with Gasteiger partial charge in [0, 0.05) is 24.7 Å². The molecule has 2 aromatic rings. The Bertz CT molecular complexity index is 593. The van der Waals surface area contributed by atoms with E-state index in [1.807, 2.05) is 28.5 Å². The predicted octanol–water partition coefficient (Wildman–Crippen LogP) is 2.84. The number of rotatable bonds is 4. The van der Waals surface area contributed by atoms with Gasteiger partial charge in [0.2, 0.25) is 5.91 Å². The van der Waals surface area contributed by atoms with Crippen LogP contribution in [0.5, 0.6) is 0 Å². The van der Waals surface area contributed by atoms with Crippen molar-refractivity contribution in [3.8, 4) is 0 Å². The SMILES string of the molecule is O=C(Cc1csc(Nc2ccccn2)n1)N1CCCCC1. The van der Waals surface area contributed by atoms with Crippen LogP contribution in [0.2, 0.25) is 0 Å². The van der Waals surface area contributed by atoms with E-state index < -0.39 is 0 Å². The van der Waals surface area contributed by atoms with Crippen molar-refractivity contribution in [3.05, 3.63) is 35.5 Å². The second-order valence-corrected chi connectivity index (χ2v) is 5.96. The first-order valence-electron chi connectivity index (χ1n) is 7.21. The summed E-state index contributed by atoms with van der Waals surface area (Å²) in [6.07, 6.45) is 5.60. The molecule has 21 heavy (non-hydrogen) atoms. The molecule has 0 atom stereocenters. The summed E-state index contributed by atoms with van der Waals surface area (Å²) in [6.45, 7) is 1.78. The van der Waals surface area contributed by atoms with Gasteiger partial charge in [0.05, 0.1) is 12.1 Å². The van der Waals surface area contributed by atoms with E-state index in [1.54, 1.807) is 6.20 Å². The van der Waals surface area contributed by atoms with E-state index in [1.165, 1.54) is 17.8 Å². The monoisotopic (exact) mass is 302 g/mol. The quantitative estimate of drug-likeness (QED) is 0.943. The molecule has 0 unspecified atom stereocenters. The summed E-state index contributed by atoms with van der Waals surface area (Å²) in [6, 6.07) is 5.68. The van der Waals surface area contributed by atoms with E-state index in [0.717, 1.165) is 42.6 Å². The summed E-state index contributed by atoms with van der Waals surface area (Å²) in [5.74, 6) is 0.949. The number of hydrogen-bond donors (Lipinski definition) is 1. The summed E-state index contributed by atoms with van der Waals surface area (Å²) < 4.78 is 0. The summed E-state index contributed by atoms with van der Waals surface area (Å²) in [4.78, 5) is 22.8. The van der Waals surface area contributed by atoms with E-state index in [9.17, 15) is 4.79 Å². The number of carbonyl (C=O) groups excluding carboxylic acids is 1. The van der Waals surface area contributed by atoms with Crippen molar-refractivity contribution in [3.63, 3.8) is 0 Å². The molecule has 3 heterocycles. The molecule has 1 aliphatic rings. The lowest BCUT2D eigenvalue weighted by atomic mass is 10.1. The Hall–Kier alpha value is -1.95. The van der Waals surface area contributed by atoms with Gasteiger partial charge in [-0.05, 0) is 31.4 Å². The number of nitrogens with zero attached hydrogens (tertiary/aromatic N) is 3. The highest BCUT2D eigenvalue weighted by Gasteiger charge is 2.17. The van der Waals surface area contributed by atoms with Crippen LogP contribution < -0.4 is 5.32 Å². The molecular weight excluding hydrogens is 284 g/mol. The number of nitrogens with one attached hydrogen (secondary N) is 1. The molecule has 0 aromatic carbocycles.